The highest BCUT2D eigenvalue weighted by molar-refractivity contribution is 9.10. The summed E-state index contributed by atoms with van der Waals surface area (Å²) in [7, 11) is 1.62. The van der Waals surface area contributed by atoms with Crippen LogP contribution in [0.3, 0.4) is 0 Å². The van der Waals surface area contributed by atoms with E-state index in [-0.39, 0.29) is 5.82 Å². The molecular formula is C14H13BrFNO. The number of hydrogen-bond donors (Lipinski definition) is 1. The van der Waals surface area contributed by atoms with E-state index in [1.165, 1.54) is 6.07 Å². The quantitative estimate of drug-likeness (QED) is 0.913. The number of halogens is 2. The average molecular weight is 310 g/mol. The summed E-state index contributed by atoms with van der Waals surface area (Å²) in [6, 6.07) is 12.4. The van der Waals surface area contributed by atoms with E-state index in [4.69, 9.17) is 4.74 Å². The zero-order valence-corrected chi connectivity index (χ0v) is 11.5. The SMILES string of the molecule is COc1ccc(CNc2ccccc2F)cc1Br. The fourth-order valence-corrected chi connectivity index (χ4v) is 2.21. The molecule has 0 radical (unpaired) electrons. The van der Waals surface area contributed by atoms with Crippen LogP contribution in [0.5, 0.6) is 5.75 Å². The Balaban J connectivity index is 2.07. The third-order valence-electron chi connectivity index (χ3n) is 2.57. The summed E-state index contributed by atoms with van der Waals surface area (Å²) >= 11 is 3.42. The van der Waals surface area contributed by atoms with E-state index >= 15 is 0 Å². The fourth-order valence-electron chi connectivity index (χ4n) is 1.62. The molecule has 18 heavy (non-hydrogen) atoms. The number of methoxy groups -OCH3 is 1. The van der Waals surface area contributed by atoms with Crippen LogP contribution in [0.15, 0.2) is 46.9 Å². The van der Waals surface area contributed by atoms with Gasteiger partial charge in [-0.3, -0.25) is 0 Å². The summed E-state index contributed by atoms with van der Waals surface area (Å²) in [5.74, 6) is 0.537. The normalized spacial score (nSPS) is 10.2. The van der Waals surface area contributed by atoms with Crippen LogP contribution in [-0.2, 0) is 6.54 Å². The molecule has 0 spiro atoms. The molecule has 4 heteroatoms. The van der Waals surface area contributed by atoms with E-state index < -0.39 is 0 Å². The molecule has 0 heterocycles. The largest absolute Gasteiger partial charge is 0.496 e. The number of rotatable bonds is 4. The summed E-state index contributed by atoms with van der Waals surface area (Å²) in [6.07, 6.45) is 0. The van der Waals surface area contributed by atoms with Crippen molar-refractivity contribution in [1.29, 1.82) is 0 Å². The number of ether oxygens (including phenoxy) is 1. The van der Waals surface area contributed by atoms with Crippen molar-refractivity contribution in [3.63, 3.8) is 0 Å². The first kappa shape index (κ1) is 12.9. The Kier molecular flexibility index (Phi) is 4.20. The minimum atomic E-state index is -0.245. The van der Waals surface area contributed by atoms with E-state index in [1.54, 1.807) is 25.3 Å². The van der Waals surface area contributed by atoms with Crippen molar-refractivity contribution >= 4 is 21.6 Å². The van der Waals surface area contributed by atoms with Crippen LogP contribution < -0.4 is 10.1 Å². The van der Waals surface area contributed by atoms with Crippen LogP contribution in [0.1, 0.15) is 5.56 Å². The van der Waals surface area contributed by atoms with E-state index in [2.05, 4.69) is 21.2 Å². The van der Waals surface area contributed by atoms with Gasteiger partial charge in [0.05, 0.1) is 17.3 Å². The van der Waals surface area contributed by atoms with Gasteiger partial charge in [0.15, 0.2) is 0 Å². The Morgan fingerprint density at radius 1 is 1.22 bits per heavy atom. The van der Waals surface area contributed by atoms with Crippen molar-refractivity contribution in [2.24, 2.45) is 0 Å². The lowest BCUT2D eigenvalue weighted by molar-refractivity contribution is 0.412. The zero-order valence-electron chi connectivity index (χ0n) is 9.91. The van der Waals surface area contributed by atoms with Crippen molar-refractivity contribution in [3.8, 4) is 5.75 Å². The van der Waals surface area contributed by atoms with Crippen LogP contribution in [0, 0.1) is 5.82 Å². The highest BCUT2D eigenvalue weighted by Crippen LogP contribution is 2.26. The number of benzene rings is 2. The van der Waals surface area contributed by atoms with Crippen molar-refractivity contribution in [2.45, 2.75) is 6.54 Å². The van der Waals surface area contributed by atoms with Gasteiger partial charge in [0.25, 0.3) is 0 Å². The predicted octanol–water partition coefficient (Wildman–Crippen LogP) is 4.21. The standard InChI is InChI=1S/C14H13BrFNO/c1-18-14-7-6-10(8-11(14)15)9-17-13-5-3-2-4-12(13)16/h2-8,17H,9H2,1H3. The third kappa shape index (κ3) is 3.01. The first-order chi connectivity index (χ1) is 8.70. The maximum atomic E-state index is 13.4. The maximum absolute atomic E-state index is 13.4. The first-order valence-corrected chi connectivity index (χ1v) is 6.31. The monoisotopic (exact) mass is 309 g/mol. The fraction of sp³-hybridized carbons (Fsp3) is 0.143. The molecule has 2 rings (SSSR count). The van der Waals surface area contributed by atoms with Gasteiger partial charge in [-0.2, -0.15) is 0 Å². The lowest BCUT2D eigenvalue weighted by Crippen LogP contribution is -2.01. The topological polar surface area (TPSA) is 21.3 Å². The molecule has 0 atom stereocenters. The molecular weight excluding hydrogens is 297 g/mol. The molecule has 0 aromatic heterocycles. The van der Waals surface area contributed by atoms with E-state index in [1.807, 2.05) is 18.2 Å². The van der Waals surface area contributed by atoms with Crippen LogP contribution >= 0.6 is 15.9 Å². The van der Waals surface area contributed by atoms with Gasteiger partial charge >= 0.3 is 0 Å². The second-order valence-corrected chi connectivity index (χ2v) is 4.66. The third-order valence-corrected chi connectivity index (χ3v) is 3.19. The summed E-state index contributed by atoms with van der Waals surface area (Å²) in [5.41, 5.74) is 1.55. The van der Waals surface area contributed by atoms with Gasteiger partial charge in [-0.15, -0.1) is 0 Å². The molecule has 0 aliphatic heterocycles. The Bertz CT molecular complexity index is 545. The van der Waals surface area contributed by atoms with Gasteiger partial charge in [-0.1, -0.05) is 18.2 Å². The molecule has 2 nitrogen and oxygen atoms in total. The minimum Gasteiger partial charge on any atom is -0.496 e. The van der Waals surface area contributed by atoms with Crippen LogP contribution in [0.4, 0.5) is 10.1 Å². The van der Waals surface area contributed by atoms with Crippen LogP contribution in [-0.4, -0.2) is 7.11 Å². The van der Waals surface area contributed by atoms with Crippen molar-refractivity contribution in [3.05, 3.63) is 58.3 Å². The molecule has 0 aliphatic carbocycles. The Labute approximate surface area is 114 Å². The van der Waals surface area contributed by atoms with Crippen LogP contribution in [0.2, 0.25) is 0 Å². The van der Waals surface area contributed by atoms with Gasteiger partial charge < -0.3 is 10.1 Å². The van der Waals surface area contributed by atoms with Gasteiger partial charge in [0.2, 0.25) is 0 Å². The van der Waals surface area contributed by atoms with Gasteiger partial charge in [0.1, 0.15) is 11.6 Å². The van der Waals surface area contributed by atoms with E-state index in [0.717, 1.165) is 15.8 Å². The highest BCUT2D eigenvalue weighted by Gasteiger charge is 2.03. The molecule has 0 fully saturated rings. The van der Waals surface area contributed by atoms with Crippen molar-refractivity contribution < 1.29 is 9.13 Å². The van der Waals surface area contributed by atoms with E-state index in [9.17, 15) is 4.39 Å². The molecule has 0 amide bonds. The lowest BCUT2D eigenvalue weighted by atomic mass is 10.2. The Morgan fingerprint density at radius 2 is 2.00 bits per heavy atom. The smallest absolute Gasteiger partial charge is 0.146 e. The maximum Gasteiger partial charge on any atom is 0.146 e. The molecule has 1 N–H and O–H groups in total. The van der Waals surface area contributed by atoms with Gasteiger partial charge in [-0.05, 0) is 45.8 Å². The highest BCUT2D eigenvalue weighted by atomic mass is 79.9. The second-order valence-electron chi connectivity index (χ2n) is 3.80. The van der Waals surface area contributed by atoms with Crippen molar-refractivity contribution in [1.82, 2.24) is 0 Å². The second kappa shape index (κ2) is 5.87. The molecule has 0 saturated heterocycles. The number of anilines is 1. The Morgan fingerprint density at radius 3 is 2.67 bits per heavy atom. The molecule has 0 unspecified atom stereocenters. The summed E-state index contributed by atoms with van der Waals surface area (Å²) in [5, 5.41) is 3.06. The van der Waals surface area contributed by atoms with E-state index in [0.29, 0.717) is 12.2 Å². The number of nitrogens with one attached hydrogen (secondary N) is 1. The molecule has 0 bridgehead atoms. The zero-order chi connectivity index (χ0) is 13.0. The predicted molar refractivity (Wildman–Crippen MR) is 74.4 cm³/mol. The average Bonchev–Trinajstić information content (AvgIpc) is 2.38. The summed E-state index contributed by atoms with van der Waals surface area (Å²) in [6.45, 7) is 0.559. The molecule has 0 aliphatic rings. The molecule has 2 aromatic rings. The molecule has 0 saturated carbocycles. The summed E-state index contributed by atoms with van der Waals surface area (Å²) < 4.78 is 19.4. The summed E-state index contributed by atoms with van der Waals surface area (Å²) in [4.78, 5) is 0. The van der Waals surface area contributed by atoms with Gasteiger partial charge in [0, 0.05) is 6.54 Å². The minimum absolute atomic E-state index is 0.245. The number of hydrogen-bond acceptors (Lipinski definition) is 2. The molecule has 2 aromatic carbocycles. The Hall–Kier alpha value is -1.55. The van der Waals surface area contributed by atoms with Crippen LogP contribution in [0.25, 0.3) is 0 Å². The first-order valence-electron chi connectivity index (χ1n) is 5.51. The van der Waals surface area contributed by atoms with Crippen molar-refractivity contribution in [2.75, 3.05) is 12.4 Å². The lowest BCUT2D eigenvalue weighted by Gasteiger charge is -2.09. The molecule has 94 valence electrons. The van der Waals surface area contributed by atoms with Gasteiger partial charge in [-0.25, -0.2) is 4.39 Å². The number of para-hydroxylation sites is 1.